The van der Waals surface area contributed by atoms with E-state index in [4.69, 9.17) is 0 Å². The van der Waals surface area contributed by atoms with Crippen LogP contribution in [0.15, 0.2) is 74.5 Å². The molecular weight excluding hydrogens is 911 g/mol. The molecule has 0 spiro atoms. The molecule has 0 radical (unpaired) electrons. The molecule has 0 saturated carbocycles. The first-order valence-electron chi connectivity index (χ1n) is 15.0. The van der Waals surface area contributed by atoms with Gasteiger partial charge in [-0.3, -0.25) is 0 Å². The maximum atomic E-state index is 9.87. The van der Waals surface area contributed by atoms with E-state index >= 15 is 0 Å². The molecule has 5 aliphatic heterocycles. The average molecular weight is 945 g/mol. The first-order valence-corrected chi connectivity index (χ1v) is 26.8. The Balaban J connectivity index is 0.000000441. The molecule has 52 heavy (non-hydrogen) atoms. The molecule has 0 aromatic carbocycles. The Kier molecular flexibility index (Phi) is 15.7. The van der Waals surface area contributed by atoms with Gasteiger partial charge < -0.3 is 0 Å². The second-order valence-electron chi connectivity index (χ2n) is 10.9. The molecule has 5 aliphatic rings. The Morgan fingerprint density at radius 1 is 0.462 bits per heavy atom. The van der Waals surface area contributed by atoms with Gasteiger partial charge in [-0.25, -0.2) is 9.13 Å². The summed E-state index contributed by atoms with van der Waals surface area (Å²) in [6.45, 7) is 2.19. The standard InChI is InChI=1S/C28H34N2S8.2F6P/c1-31-23-25-33-19-7-3-5-13-29-15-9-21(10-16-29)22-11-17-30(18-12-22)14-6-4-8-20-34-26-24(32-2)36-28(38-26)27(35-23)37-25;2*1-7(2,3,4,5)6/h9-12,15-18H,3-8,13-14,19-20H2,1-2H3;;/q+2;2*-1/b28-27-;;. The van der Waals surface area contributed by atoms with Crippen molar-refractivity contribution in [1.29, 1.82) is 0 Å². The molecule has 0 aliphatic carbocycles. The summed E-state index contributed by atoms with van der Waals surface area (Å²) >= 11 is 16.0. The summed E-state index contributed by atoms with van der Waals surface area (Å²) in [6.07, 6.45) is 21.0. The third kappa shape index (κ3) is 22.2. The summed E-state index contributed by atoms with van der Waals surface area (Å²) in [5.74, 6) is 2.42. The van der Waals surface area contributed by atoms with Crippen LogP contribution in [0.2, 0.25) is 0 Å². The van der Waals surface area contributed by atoms with Crippen molar-refractivity contribution in [3.8, 4) is 11.1 Å². The molecule has 0 unspecified atom stereocenters. The van der Waals surface area contributed by atoms with Gasteiger partial charge in [-0.1, -0.05) is 47.0 Å². The van der Waals surface area contributed by atoms with Crippen molar-refractivity contribution < 1.29 is 59.5 Å². The van der Waals surface area contributed by atoms with E-state index in [1.54, 1.807) is 0 Å². The zero-order valence-corrected chi connectivity index (χ0v) is 35.6. The number of aryl methyl sites for hydroxylation is 2. The summed E-state index contributed by atoms with van der Waals surface area (Å²) in [4.78, 5) is 0. The minimum atomic E-state index is -10.7. The molecule has 0 amide bonds. The zero-order valence-electron chi connectivity index (χ0n) is 27.3. The van der Waals surface area contributed by atoms with Crippen molar-refractivity contribution in [1.82, 2.24) is 0 Å². The summed E-state index contributed by atoms with van der Waals surface area (Å²) in [5.41, 5.74) is 2.60. The van der Waals surface area contributed by atoms with E-state index in [0.717, 1.165) is 13.1 Å². The molecule has 2 aromatic heterocycles. The summed E-state index contributed by atoms with van der Waals surface area (Å²) in [7, 11) is -21.3. The molecule has 7 rings (SSSR count). The van der Waals surface area contributed by atoms with Crippen molar-refractivity contribution in [3.05, 3.63) is 74.5 Å². The van der Waals surface area contributed by atoms with Gasteiger partial charge in [-0.2, -0.15) is 0 Å². The van der Waals surface area contributed by atoms with Crippen molar-refractivity contribution in [2.24, 2.45) is 0 Å². The Labute approximate surface area is 328 Å². The van der Waals surface area contributed by atoms with Gasteiger partial charge in [-0.05, 0) is 60.8 Å². The van der Waals surface area contributed by atoms with E-state index in [1.165, 1.54) is 86.6 Å². The monoisotopic (exact) mass is 944 g/mol. The fourth-order valence-corrected chi connectivity index (χ4v) is 15.5. The molecule has 0 saturated heterocycles. The number of halogens is 12. The van der Waals surface area contributed by atoms with Gasteiger partial charge in [0.25, 0.3) is 0 Å². The molecule has 0 N–H and O–H groups in total. The third-order valence-corrected chi connectivity index (χ3v) is 17.8. The van der Waals surface area contributed by atoms with E-state index in [-0.39, 0.29) is 0 Å². The van der Waals surface area contributed by atoms with Gasteiger partial charge in [0.2, 0.25) is 0 Å². The van der Waals surface area contributed by atoms with Gasteiger partial charge in [0.1, 0.15) is 13.1 Å². The van der Waals surface area contributed by atoms with E-state index in [0.29, 0.717) is 0 Å². The van der Waals surface area contributed by atoms with Crippen LogP contribution in [0, 0.1) is 0 Å². The van der Waals surface area contributed by atoms with Crippen LogP contribution in [-0.2, 0) is 13.1 Å². The van der Waals surface area contributed by atoms with Crippen LogP contribution in [0.25, 0.3) is 11.1 Å². The second kappa shape index (κ2) is 17.5. The number of hydrogen-bond donors (Lipinski definition) is 0. The minimum absolute atomic E-state index is 1.10. The predicted molar refractivity (Wildman–Crippen MR) is 210 cm³/mol. The first kappa shape index (κ1) is 46.7. The zero-order chi connectivity index (χ0) is 39.0. The van der Waals surface area contributed by atoms with Gasteiger partial charge >= 0.3 is 66.0 Å². The number of fused-ring (bicyclic) bond motifs is 2. The topological polar surface area (TPSA) is 7.76 Å². The average Bonchev–Trinajstić information content (AvgIpc) is 3.61. The number of hydrogen-bond acceptors (Lipinski definition) is 8. The van der Waals surface area contributed by atoms with Crippen LogP contribution in [0.5, 0.6) is 0 Å². The summed E-state index contributed by atoms with van der Waals surface area (Å²) < 4.78 is 132. The summed E-state index contributed by atoms with van der Waals surface area (Å²) in [6, 6.07) is 9.04. The number of thioether (sulfide) groups is 8. The Morgan fingerprint density at radius 3 is 1.06 bits per heavy atom. The summed E-state index contributed by atoms with van der Waals surface area (Å²) in [5, 5.41) is 0. The van der Waals surface area contributed by atoms with E-state index in [2.05, 4.69) is 94.2 Å². The molecule has 8 bridgehead atoms. The Hall–Kier alpha value is 0.340. The molecule has 7 heterocycles. The van der Waals surface area contributed by atoms with Gasteiger partial charge in [0.05, 0.1) is 25.4 Å². The van der Waals surface area contributed by atoms with Crippen LogP contribution in [0.4, 0.5) is 50.4 Å². The van der Waals surface area contributed by atoms with Crippen molar-refractivity contribution in [2.75, 3.05) is 24.0 Å². The van der Waals surface area contributed by atoms with Crippen molar-refractivity contribution in [2.45, 2.75) is 51.6 Å². The van der Waals surface area contributed by atoms with Gasteiger partial charge in [0, 0.05) is 37.1 Å². The number of rotatable bonds is 2. The number of nitrogens with zero attached hydrogens (tertiary/aromatic N) is 2. The quantitative estimate of drug-likeness (QED) is 0.165. The normalized spacial score (nSPS) is 22.3. The third-order valence-electron chi connectivity index (χ3n) is 6.32. The molecule has 0 atom stereocenters. The second-order valence-corrected chi connectivity index (χ2v) is 24.2. The number of aromatic nitrogens is 2. The molecule has 24 heteroatoms. The van der Waals surface area contributed by atoms with E-state index in [1.807, 2.05) is 70.6 Å². The van der Waals surface area contributed by atoms with Crippen molar-refractivity contribution in [3.63, 3.8) is 0 Å². The van der Waals surface area contributed by atoms with Crippen LogP contribution >= 0.6 is 110 Å². The Bertz CT molecular complexity index is 1490. The molecule has 0 fully saturated rings. The predicted octanol–water partition coefficient (Wildman–Crippen LogP) is 16.6. The fraction of sp³-hybridized carbons (Fsp3) is 0.429. The molecule has 298 valence electrons. The number of pyridine rings is 2. The van der Waals surface area contributed by atoms with Gasteiger partial charge in [0.15, 0.2) is 24.8 Å². The maximum absolute atomic E-state index is 10.7. The van der Waals surface area contributed by atoms with E-state index < -0.39 is 15.6 Å². The van der Waals surface area contributed by atoms with Gasteiger partial charge in [-0.15, -0.1) is 47.0 Å². The Morgan fingerprint density at radius 2 is 0.769 bits per heavy atom. The van der Waals surface area contributed by atoms with Crippen molar-refractivity contribution >= 4 is 110 Å². The fourth-order valence-electron chi connectivity index (χ4n) is 4.21. The first-order chi connectivity index (χ1) is 23.6. The van der Waals surface area contributed by atoms with Crippen LogP contribution < -0.4 is 9.13 Å². The molecule has 2 aromatic rings. The SMILES string of the molecule is CSC1=C2SCCCCC[n+]3ccc(cc3)-c3cc[n+](cc3)CCCCCSC3=C(SC)S/C(=C(\S1)S2)S3.F[P-](F)(F)(F)(F)F.F[P-](F)(F)(F)(F)F. The molecular formula is C28H34F12N2P2S8. The van der Waals surface area contributed by atoms with Crippen LogP contribution in [0.3, 0.4) is 0 Å². The van der Waals surface area contributed by atoms with Crippen LogP contribution in [-0.4, -0.2) is 24.0 Å². The van der Waals surface area contributed by atoms with Crippen LogP contribution in [0.1, 0.15) is 38.5 Å². The van der Waals surface area contributed by atoms with E-state index in [9.17, 15) is 50.4 Å². The molecule has 2 nitrogen and oxygen atoms in total.